The first-order chi connectivity index (χ1) is 11.1. The van der Waals surface area contributed by atoms with Gasteiger partial charge in [-0.05, 0) is 33.2 Å². The van der Waals surface area contributed by atoms with Gasteiger partial charge in [0.15, 0.2) is 0 Å². The van der Waals surface area contributed by atoms with Crippen LogP contribution >= 0.6 is 0 Å². The van der Waals surface area contributed by atoms with E-state index < -0.39 is 11.9 Å². The topological polar surface area (TPSA) is 72.2 Å². The molecule has 4 nitrogen and oxygen atoms in total. The standard InChI is InChI=1S/C19H18N2O2/c1-12(22)21-18(19(20)23)11-17-15-8-4-2-6-13(15)10-14-7-3-5-9-16(14)17/h2-10,18H,11H2,1H3,(H2,20,23)(H,21,22)/t18-/m0/s1. The Hall–Kier alpha value is -2.88. The number of nitrogens with one attached hydrogen (secondary N) is 1. The lowest BCUT2D eigenvalue weighted by Gasteiger charge is -2.18. The highest BCUT2D eigenvalue weighted by molar-refractivity contribution is 6.02. The minimum absolute atomic E-state index is 0.265. The van der Waals surface area contributed by atoms with Crippen LogP contribution in [0.5, 0.6) is 0 Å². The third-order valence-corrected chi connectivity index (χ3v) is 4.01. The molecule has 4 heteroatoms. The molecule has 3 rings (SSSR count). The lowest BCUT2D eigenvalue weighted by Crippen LogP contribution is -2.45. The maximum Gasteiger partial charge on any atom is 0.240 e. The molecular weight excluding hydrogens is 288 g/mol. The Bertz CT molecular complexity index is 848. The van der Waals surface area contributed by atoms with Crippen molar-refractivity contribution in [1.29, 1.82) is 0 Å². The molecule has 1 atom stereocenters. The van der Waals surface area contributed by atoms with Crippen molar-refractivity contribution in [3.05, 3.63) is 60.2 Å². The minimum atomic E-state index is -0.721. The summed E-state index contributed by atoms with van der Waals surface area (Å²) in [5.74, 6) is -0.796. The molecule has 0 heterocycles. The van der Waals surface area contributed by atoms with Crippen LogP contribution in [0.3, 0.4) is 0 Å². The molecule has 0 unspecified atom stereocenters. The molecule has 3 aromatic rings. The Morgan fingerprint density at radius 1 is 1.00 bits per heavy atom. The SMILES string of the molecule is CC(=O)N[C@@H](Cc1c2ccccc2cc2ccccc12)C(N)=O. The van der Waals surface area contributed by atoms with Gasteiger partial charge in [-0.15, -0.1) is 0 Å². The van der Waals surface area contributed by atoms with Gasteiger partial charge in [0, 0.05) is 13.3 Å². The Kier molecular flexibility index (Phi) is 3.98. The first-order valence-electron chi connectivity index (χ1n) is 7.52. The second-order valence-electron chi connectivity index (χ2n) is 5.66. The normalized spacial score (nSPS) is 12.2. The van der Waals surface area contributed by atoms with Gasteiger partial charge >= 0.3 is 0 Å². The third kappa shape index (κ3) is 3.01. The number of benzene rings is 3. The van der Waals surface area contributed by atoms with E-state index in [9.17, 15) is 9.59 Å². The van der Waals surface area contributed by atoms with Gasteiger partial charge in [-0.25, -0.2) is 0 Å². The predicted octanol–water partition coefficient (Wildman–Crippen LogP) is 2.53. The van der Waals surface area contributed by atoms with Crippen LogP contribution in [0.15, 0.2) is 54.6 Å². The van der Waals surface area contributed by atoms with E-state index in [-0.39, 0.29) is 5.91 Å². The molecule has 0 aliphatic rings. The van der Waals surface area contributed by atoms with Crippen LogP contribution in [0, 0.1) is 0 Å². The van der Waals surface area contributed by atoms with Gasteiger partial charge < -0.3 is 11.1 Å². The number of carbonyl (C=O) groups is 2. The molecule has 0 fully saturated rings. The molecule has 3 N–H and O–H groups in total. The number of fused-ring (bicyclic) bond motifs is 2. The molecule has 0 aliphatic carbocycles. The summed E-state index contributed by atoms with van der Waals surface area (Å²) in [4.78, 5) is 23.1. The number of amides is 2. The van der Waals surface area contributed by atoms with E-state index in [1.807, 2.05) is 48.5 Å². The van der Waals surface area contributed by atoms with Crippen LogP contribution in [0.1, 0.15) is 12.5 Å². The fourth-order valence-electron chi connectivity index (χ4n) is 3.00. The molecule has 3 aromatic carbocycles. The Morgan fingerprint density at radius 3 is 2.00 bits per heavy atom. The average Bonchev–Trinajstić information content (AvgIpc) is 2.53. The quantitative estimate of drug-likeness (QED) is 0.727. The summed E-state index contributed by atoms with van der Waals surface area (Å²) >= 11 is 0. The van der Waals surface area contributed by atoms with Crippen LogP contribution in [0.4, 0.5) is 0 Å². The van der Waals surface area contributed by atoms with Gasteiger partial charge in [-0.2, -0.15) is 0 Å². The summed E-state index contributed by atoms with van der Waals surface area (Å²) in [5, 5.41) is 7.00. The van der Waals surface area contributed by atoms with Gasteiger partial charge in [0.2, 0.25) is 11.8 Å². The summed E-state index contributed by atoms with van der Waals surface area (Å²) < 4.78 is 0. The second kappa shape index (κ2) is 6.08. The highest BCUT2D eigenvalue weighted by atomic mass is 16.2. The van der Waals surface area contributed by atoms with Crippen LogP contribution in [0.2, 0.25) is 0 Å². The number of nitrogens with two attached hydrogens (primary N) is 1. The molecule has 2 amide bonds. The van der Waals surface area contributed by atoms with Crippen molar-refractivity contribution in [2.75, 3.05) is 0 Å². The van der Waals surface area contributed by atoms with E-state index in [4.69, 9.17) is 5.73 Å². The van der Waals surface area contributed by atoms with Gasteiger partial charge in [-0.1, -0.05) is 48.5 Å². The van der Waals surface area contributed by atoms with Crippen molar-refractivity contribution in [2.45, 2.75) is 19.4 Å². The monoisotopic (exact) mass is 306 g/mol. The summed E-state index contributed by atoms with van der Waals surface area (Å²) in [5.41, 5.74) is 6.49. The zero-order chi connectivity index (χ0) is 16.4. The molecule has 0 aliphatic heterocycles. The molecular formula is C19H18N2O2. The van der Waals surface area contributed by atoms with Crippen molar-refractivity contribution in [1.82, 2.24) is 5.32 Å². The van der Waals surface area contributed by atoms with Crippen molar-refractivity contribution in [3.63, 3.8) is 0 Å². The average molecular weight is 306 g/mol. The molecule has 0 aromatic heterocycles. The molecule has 0 saturated carbocycles. The molecule has 0 spiro atoms. The molecule has 23 heavy (non-hydrogen) atoms. The van der Waals surface area contributed by atoms with Crippen molar-refractivity contribution < 1.29 is 9.59 Å². The van der Waals surface area contributed by atoms with Crippen LogP contribution < -0.4 is 11.1 Å². The molecule has 116 valence electrons. The Morgan fingerprint density at radius 2 is 1.52 bits per heavy atom. The largest absolute Gasteiger partial charge is 0.368 e. The lowest BCUT2D eigenvalue weighted by atomic mass is 9.92. The minimum Gasteiger partial charge on any atom is -0.368 e. The van der Waals surface area contributed by atoms with Crippen molar-refractivity contribution >= 4 is 33.4 Å². The van der Waals surface area contributed by atoms with Gasteiger partial charge in [0.1, 0.15) is 6.04 Å². The summed E-state index contributed by atoms with van der Waals surface area (Å²) in [6.45, 7) is 1.39. The highest BCUT2D eigenvalue weighted by Crippen LogP contribution is 2.29. The molecule has 0 radical (unpaired) electrons. The molecule has 0 bridgehead atoms. The number of carbonyl (C=O) groups excluding carboxylic acids is 2. The summed E-state index contributed by atoms with van der Waals surface area (Å²) in [6, 6.07) is 17.5. The van der Waals surface area contributed by atoms with E-state index >= 15 is 0 Å². The van der Waals surface area contributed by atoms with Gasteiger partial charge in [0.25, 0.3) is 0 Å². The van der Waals surface area contributed by atoms with Crippen molar-refractivity contribution in [3.8, 4) is 0 Å². The maximum atomic E-state index is 11.7. The van der Waals surface area contributed by atoms with E-state index in [0.29, 0.717) is 6.42 Å². The van der Waals surface area contributed by atoms with E-state index in [0.717, 1.165) is 27.1 Å². The third-order valence-electron chi connectivity index (χ3n) is 4.01. The first-order valence-corrected chi connectivity index (χ1v) is 7.52. The highest BCUT2D eigenvalue weighted by Gasteiger charge is 2.19. The Labute approximate surface area is 134 Å². The van der Waals surface area contributed by atoms with E-state index in [1.165, 1.54) is 6.92 Å². The first kappa shape index (κ1) is 15.0. The number of hydrogen-bond donors (Lipinski definition) is 2. The zero-order valence-electron chi connectivity index (χ0n) is 12.9. The molecule has 0 saturated heterocycles. The summed E-state index contributed by atoms with van der Waals surface area (Å²) in [6.07, 6.45) is 0.372. The number of hydrogen-bond acceptors (Lipinski definition) is 2. The second-order valence-corrected chi connectivity index (χ2v) is 5.66. The van der Waals surface area contributed by atoms with Crippen LogP contribution in [0.25, 0.3) is 21.5 Å². The fourth-order valence-corrected chi connectivity index (χ4v) is 3.00. The van der Waals surface area contributed by atoms with Crippen molar-refractivity contribution in [2.24, 2.45) is 5.73 Å². The van der Waals surface area contributed by atoms with Gasteiger partial charge in [-0.3, -0.25) is 9.59 Å². The van der Waals surface area contributed by atoms with Crippen LogP contribution in [-0.4, -0.2) is 17.9 Å². The van der Waals surface area contributed by atoms with Gasteiger partial charge in [0.05, 0.1) is 0 Å². The van der Waals surface area contributed by atoms with E-state index in [1.54, 1.807) is 0 Å². The number of rotatable bonds is 4. The van der Waals surface area contributed by atoms with Crippen LogP contribution in [-0.2, 0) is 16.0 Å². The smallest absolute Gasteiger partial charge is 0.240 e. The number of primary amides is 1. The summed E-state index contributed by atoms with van der Waals surface area (Å²) in [7, 11) is 0. The zero-order valence-corrected chi connectivity index (χ0v) is 12.9. The fraction of sp³-hybridized carbons (Fsp3) is 0.158. The Balaban J connectivity index is 2.19. The lowest BCUT2D eigenvalue weighted by molar-refractivity contribution is -0.126. The maximum absolute atomic E-state index is 11.7. The van der Waals surface area contributed by atoms with E-state index in [2.05, 4.69) is 11.4 Å². The predicted molar refractivity (Wildman–Crippen MR) is 92.0 cm³/mol.